The lowest BCUT2D eigenvalue weighted by Crippen LogP contribution is -2.28. The summed E-state index contributed by atoms with van der Waals surface area (Å²) in [6.07, 6.45) is 2.64. The van der Waals surface area contributed by atoms with Crippen LogP contribution in [-0.2, 0) is 13.0 Å². The van der Waals surface area contributed by atoms with Crippen molar-refractivity contribution in [1.82, 2.24) is 15.3 Å². The molecule has 0 bridgehead atoms. The molecule has 2 aromatic heterocycles. The van der Waals surface area contributed by atoms with E-state index in [1.54, 1.807) is 6.20 Å². The summed E-state index contributed by atoms with van der Waals surface area (Å²) in [5.74, 6) is 0.725. The molecule has 94 valence electrons. The summed E-state index contributed by atoms with van der Waals surface area (Å²) in [5.41, 5.74) is 4.14. The van der Waals surface area contributed by atoms with E-state index in [2.05, 4.69) is 39.6 Å². The van der Waals surface area contributed by atoms with Gasteiger partial charge in [0.2, 0.25) is 5.89 Å². The van der Waals surface area contributed by atoms with E-state index in [1.165, 1.54) is 11.1 Å². The molecule has 0 fully saturated rings. The number of aromatic nitrogens is 2. The van der Waals surface area contributed by atoms with Crippen molar-refractivity contribution in [2.24, 2.45) is 0 Å². The van der Waals surface area contributed by atoms with Crippen LogP contribution in [0, 0.1) is 0 Å². The fourth-order valence-corrected chi connectivity index (χ4v) is 2.56. The fraction of sp³-hybridized carbons (Fsp3) is 0.200. The molecule has 1 unspecified atom stereocenters. The van der Waals surface area contributed by atoms with Crippen molar-refractivity contribution in [2.75, 3.05) is 0 Å². The fourth-order valence-electron chi connectivity index (χ4n) is 2.56. The first-order valence-corrected chi connectivity index (χ1v) is 6.42. The summed E-state index contributed by atoms with van der Waals surface area (Å²) in [4.78, 5) is 8.68. The molecular formula is C15H13N3O. The van der Waals surface area contributed by atoms with Crippen LogP contribution in [0.4, 0.5) is 0 Å². The Labute approximate surface area is 110 Å². The van der Waals surface area contributed by atoms with Gasteiger partial charge in [-0.25, -0.2) is 4.98 Å². The van der Waals surface area contributed by atoms with E-state index in [4.69, 9.17) is 4.42 Å². The molecule has 0 spiro atoms. The van der Waals surface area contributed by atoms with Gasteiger partial charge in [0.1, 0.15) is 0 Å². The number of oxazole rings is 1. The molecule has 1 aliphatic rings. The molecule has 4 nitrogen and oxygen atoms in total. The molecular weight excluding hydrogens is 238 g/mol. The van der Waals surface area contributed by atoms with Crippen molar-refractivity contribution in [2.45, 2.75) is 19.0 Å². The number of nitrogens with zero attached hydrogens (tertiary/aromatic N) is 2. The van der Waals surface area contributed by atoms with Gasteiger partial charge >= 0.3 is 0 Å². The van der Waals surface area contributed by atoms with E-state index in [9.17, 15) is 0 Å². The molecule has 0 amide bonds. The van der Waals surface area contributed by atoms with Crippen LogP contribution in [0.1, 0.15) is 23.1 Å². The van der Waals surface area contributed by atoms with Crippen LogP contribution in [0.25, 0.3) is 11.2 Å². The normalized spacial score (nSPS) is 18.4. The molecule has 0 saturated carbocycles. The van der Waals surface area contributed by atoms with Crippen LogP contribution >= 0.6 is 0 Å². The number of nitrogens with one attached hydrogen (secondary N) is 1. The van der Waals surface area contributed by atoms with Crippen LogP contribution < -0.4 is 5.32 Å². The highest BCUT2D eigenvalue weighted by Gasteiger charge is 2.23. The highest BCUT2D eigenvalue weighted by Crippen LogP contribution is 2.26. The van der Waals surface area contributed by atoms with Gasteiger partial charge in [0.05, 0.1) is 6.04 Å². The molecule has 4 heteroatoms. The van der Waals surface area contributed by atoms with Crippen molar-refractivity contribution in [3.05, 3.63) is 59.6 Å². The first-order valence-electron chi connectivity index (χ1n) is 6.42. The van der Waals surface area contributed by atoms with Gasteiger partial charge in [-0.3, -0.25) is 0 Å². The van der Waals surface area contributed by atoms with Crippen LogP contribution in [0.5, 0.6) is 0 Å². The van der Waals surface area contributed by atoms with Gasteiger partial charge < -0.3 is 9.73 Å². The quantitative estimate of drug-likeness (QED) is 0.722. The Kier molecular flexibility index (Phi) is 2.35. The Morgan fingerprint density at radius 3 is 2.89 bits per heavy atom. The lowest BCUT2D eigenvalue weighted by atomic mass is 9.96. The molecule has 1 aliphatic heterocycles. The van der Waals surface area contributed by atoms with E-state index in [0.29, 0.717) is 5.65 Å². The zero-order valence-corrected chi connectivity index (χ0v) is 10.3. The van der Waals surface area contributed by atoms with E-state index in [-0.39, 0.29) is 6.04 Å². The number of hydrogen-bond acceptors (Lipinski definition) is 4. The first-order chi connectivity index (χ1) is 9.40. The van der Waals surface area contributed by atoms with Gasteiger partial charge in [-0.2, -0.15) is 4.98 Å². The molecule has 1 atom stereocenters. The smallest absolute Gasteiger partial charge is 0.214 e. The van der Waals surface area contributed by atoms with Crippen molar-refractivity contribution in [1.29, 1.82) is 0 Å². The zero-order chi connectivity index (χ0) is 12.7. The van der Waals surface area contributed by atoms with E-state index < -0.39 is 0 Å². The van der Waals surface area contributed by atoms with Crippen LogP contribution in [0.3, 0.4) is 0 Å². The molecule has 0 aliphatic carbocycles. The van der Waals surface area contributed by atoms with E-state index in [0.717, 1.165) is 24.4 Å². The van der Waals surface area contributed by atoms with E-state index >= 15 is 0 Å². The van der Waals surface area contributed by atoms with Gasteiger partial charge in [0.25, 0.3) is 0 Å². The average molecular weight is 251 g/mol. The van der Waals surface area contributed by atoms with Gasteiger partial charge in [-0.05, 0) is 29.7 Å². The van der Waals surface area contributed by atoms with Crippen molar-refractivity contribution in [3.63, 3.8) is 0 Å². The lowest BCUT2D eigenvalue weighted by molar-refractivity contribution is 0.395. The van der Waals surface area contributed by atoms with Gasteiger partial charge in [0, 0.05) is 12.7 Å². The highest BCUT2D eigenvalue weighted by atomic mass is 16.3. The number of fused-ring (bicyclic) bond motifs is 2. The molecule has 4 rings (SSSR count). The summed E-state index contributed by atoms with van der Waals surface area (Å²) in [7, 11) is 0. The summed E-state index contributed by atoms with van der Waals surface area (Å²) in [5, 5.41) is 3.47. The Bertz CT molecular complexity index is 702. The minimum atomic E-state index is 0.129. The Morgan fingerprint density at radius 2 is 2.00 bits per heavy atom. The third-order valence-corrected chi connectivity index (χ3v) is 3.56. The number of hydrogen-bond donors (Lipinski definition) is 1. The Hall–Kier alpha value is -2.20. The first kappa shape index (κ1) is 10.7. The topological polar surface area (TPSA) is 51.0 Å². The van der Waals surface area contributed by atoms with Crippen molar-refractivity contribution >= 4 is 11.2 Å². The minimum absolute atomic E-state index is 0.129. The molecule has 19 heavy (non-hydrogen) atoms. The lowest BCUT2D eigenvalue weighted by Gasteiger charge is -2.23. The standard InChI is InChI=1S/C15H13N3O/c1-2-5-11-9-17-12(8-10(11)4-1)15-18-14-13(19-15)6-3-7-16-14/h1-7,12,17H,8-9H2. The maximum absolute atomic E-state index is 5.79. The minimum Gasteiger partial charge on any atom is -0.437 e. The van der Waals surface area contributed by atoms with Crippen LogP contribution in [-0.4, -0.2) is 9.97 Å². The molecule has 3 heterocycles. The zero-order valence-electron chi connectivity index (χ0n) is 10.3. The summed E-state index contributed by atoms with van der Waals surface area (Å²) in [6.45, 7) is 0.854. The van der Waals surface area contributed by atoms with Crippen molar-refractivity contribution < 1.29 is 4.42 Å². The molecule has 0 saturated heterocycles. The Morgan fingerprint density at radius 1 is 1.11 bits per heavy atom. The third kappa shape index (κ3) is 1.81. The predicted octanol–water partition coefficient (Wildman–Crippen LogP) is 2.61. The summed E-state index contributed by atoms with van der Waals surface area (Å²) in [6, 6.07) is 12.4. The second-order valence-corrected chi connectivity index (χ2v) is 4.78. The highest BCUT2D eigenvalue weighted by molar-refractivity contribution is 5.67. The Balaban J connectivity index is 1.70. The average Bonchev–Trinajstić information content (AvgIpc) is 2.90. The largest absolute Gasteiger partial charge is 0.437 e. The second-order valence-electron chi connectivity index (χ2n) is 4.78. The summed E-state index contributed by atoms with van der Waals surface area (Å²) >= 11 is 0. The number of pyridine rings is 1. The van der Waals surface area contributed by atoms with Gasteiger partial charge in [0.15, 0.2) is 11.2 Å². The van der Waals surface area contributed by atoms with Gasteiger partial charge in [-0.1, -0.05) is 24.3 Å². The maximum atomic E-state index is 5.79. The molecule has 0 radical (unpaired) electrons. The number of rotatable bonds is 1. The maximum Gasteiger partial charge on any atom is 0.214 e. The monoisotopic (exact) mass is 251 g/mol. The molecule has 1 N–H and O–H groups in total. The summed E-state index contributed by atoms with van der Waals surface area (Å²) < 4.78 is 5.79. The third-order valence-electron chi connectivity index (χ3n) is 3.56. The SMILES string of the molecule is c1ccc2c(c1)CNC(c1nc3ncccc3o1)C2. The van der Waals surface area contributed by atoms with Crippen LogP contribution in [0.15, 0.2) is 47.0 Å². The second kappa shape index (κ2) is 4.17. The van der Waals surface area contributed by atoms with E-state index in [1.807, 2.05) is 12.1 Å². The van der Waals surface area contributed by atoms with Crippen LogP contribution in [0.2, 0.25) is 0 Å². The van der Waals surface area contributed by atoms with Gasteiger partial charge in [-0.15, -0.1) is 0 Å². The molecule has 3 aromatic rings. The van der Waals surface area contributed by atoms with Crippen molar-refractivity contribution in [3.8, 4) is 0 Å². The molecule has 1 aromatic carbocycles. The number of benzene rings is 1. The predicted molar refractivity (Wildman–Crippen MR) is 71.5 cm³/mol.